The molecule has 0 radical (unpaired) electrons. The molecule has 0 saturated heterocycles. The van der Waals surface area contributed by atoms with Crippen LogP contribution in [0.3, 0.4) is 0 Å². The molecule has 134 valence electrons. The number of hydrogen-bond acceptors (Lipinski definition) is 5. The van der Waals surface area contributed by atoms with Gasteiger partial charge in [0.1, 0.15) is 11.4 Å². The zero-order chi connectivity index (χ0) is 18.2. The van der Waals surface area contributed by atoms with Crippen molar-refractivity contribution in [2.45, 2.75) is 33.6 Å². The molecule has 0 atom stereocenters. The number of ether oxygens (including phenoxy) is 1. The third kappa shape index (κ3) is 5.17. The average molecular weight is 342 g/mol. The molecule has 0 aliphatic heterocycles. The number of amides is 1. The minimum atomic E-state index is -0.257. The van der Waals surface area contributed by atoms with E-state index in [0.717, 1.165) is 31.6 Å². The lowest BCUT2D eigenvalue weighted by Crippen LogP contribution is -2.28. The van der Waals surface area contributed by atoms with Gasteiger partial charge in [-0.05, 0) is 38.0 Å². The van der Waals surface area contributed by atoms with Gasteiger partial charge in [-0.25, -0.2) is 9.97 Å². The van der Waals surface area contributed by atoms with E-state index in [1.165, 1.54) is 0 Å². The maximum Gasteiger partial charge on any atom is 0.274 e. The molecule has 0 aliphatic carbocycles. The van der Waals surface area contributed by atoms with Gasteiger partial charge >= 0.3 is 0 Å². The minimum absolute atomic E-state index is 0.257. The second-order valence-corrected chi connectivity index (χ2v) is 5.87. The second kappa shape index (κ2) is 9.01. The number of carbonyl (C=O) groups is 1. The molecule has 1 N–H and O–H groups in total. The van der Waals surface area contributed by atoms with E-state index in [1.807, 2.05) is 25.1 Å². The highest BCUT2D eigenvalue weighted by Crippen LogP contribution is 2.18. The van der Waals surface area contributed by atoms with Gasteiger partial charge in [0, 0.05) is 30.5 Å². The number of hydrogen-bond donors (Lipinski definition) is 1. The summed E-state index contributed by atoms with van der Waals surface area (Å²) >= 11 is 0. The first kappa shape index (κ1) is 18.7. The van der Waals surface area contributed by atoms with Gasteiger partial charge in [-0.3, -0.25) is 4.79 Å². The third-order valence-electron chi connectivity index (χ3n) is 3.67. The van der Waals surface area contributed by atoms with E-state index in [0.29, 0.717) is 23.1 Å². The molecule has 1 aromatic heterocycles. The maximum atomic E-state index is 12.6. The van der Waals surface area contributed by atoms with Crippen LogP contribution in [-0.4, -0.2) is 36.1 Å². The monoisotopic (exact) mass is 342 g/mol. The number of aromatic nitrogens is 2. The van der Waals surface area contributed by atoms with Gasteiger partial charge in [-0.15, -0.1) is 0 Å². The number of nitrogens with one attached hydrogen (secondary N) is 1. The summed E-state index contributed by atoms with van der Waals surface area (Å²) in [4.78, 5) is 23.7. The number of nitrogens with zero attached hydrogens (tertiary/aromatic N) is 3. The summed E-state index contributed by atoms with van der Waals surface area (Å²) < 4.78 is 5.18. The van der Waals surface area contributed by atoms with Crippen molar-refractivity contribution < 1.29 is 9.53 Å². The van der Waals surface area contributed by atoms with Gasteiger partial charge in [0.25, 0.3) is 5.91 Å². The number of rotatable bonds is 8. The van der Waals surface area contributed by atoms with Gasteiger partial charge < -0.3 is 15.0 Å². The van der Waals surface area contributed by atoms with Crippen molar-refractivity contribution in [1.82, 2.24) is 9.97 Å². The van der Waals surface area contributed by atoms with Crippen LogP contribution in [0.2, 0.25) is 0 Å². The molecule has 1 aromatic carbocycles. The molecular formula is C19H26N4O2. The zero-order valence-corrected chi connectivity index (χ0v) is 15.4. The minimum Gasteiger partial charge on any atom is -0.497 e. The number of benzene rings is 1. The van der Waals surface area contributed by atoms with Crippen LogP contribution in [0.4, 0.5) is 11.6 Å². The fourth-order valence-electron chi connectivity index (χ4n) is 2.56. The molecule has 1 amide bonds. The third-order valence-corrected chi connectivity index (χ3v) is 3.67. The van der Waals surface area contributed by atoms with E-state index in [-0.39, 0.29) is 5.91 Å². The first-order valence-electron chi connectivity index (χ1n) is 8.63. The Labute approximate surface area is 149 Å². The van der Waals surface area contributed by atoms with Crippen molar-refractivity contribution in [3.05, 3.63) is 41.7 Å². The molecule has 0 fully saturated rings. The molecule has 25 heavy (non-hydrogen) atoms. The van der Waals surface area contributed by atoms with Crippen molar-refractivity contribution in [3.63, 3.8) is 0 Å². The van der Waals surface area contributed by atoms with Gasteiger partial charge in [0.2, 0.25) is 5.95 Å². The fraction of sp³-hybridized carbons (Fsp3) is 0.421. The second-order valence-electron chi connectivity index (χ2n) is 5.87. The molecule has 0 aliphatic rings. The summed E-state index contributed by atoms with van der Waals surface area (Å²) in [5.74, 6) is 1.04. The molecule has 2 aromatic rings. The summed E-state index contributed by atoms with van der Waals surface area (Å²) in [5.41, 5.74) is 1.81. The van der Waals surface area contributed by atoms with E-state index < -0.39 is 0 Å². The van der Waals surface area contributed by atoms with Crippen LogP contribution in [0, 0.1) is 6.92 Å². The van der Waals surface area contributed by atoms with Crippen molar-refractivity contribution in [2.24, 2.45) is 0 Å². The molecule has 6 nitrogen and oxygen atoms in total. The lowest BCUT2D eigenvalue weighted by atomic mass is 10.2. The fourth-order valence-corrected chi connectivity index (χ4v) is 2.56. The van der Waals surface area contributed by atoms with E-state index in [9.17, 15) is 4.79 Å². The van der Waals surface area contributed by atoms with Crippen molar-refractivity contribution in [2.75, 3.05) is 30.4 Å². The Balaban J connectivity index is 2.24. The number of carbonyl (C=O) groups excluding carboxylic acids is 1. The Bertz CT molecular complexity index is 712. The lowest BCUT2D eigenvalue weighted by Gasteiger charge is -2.22. The van der Waals surface area contributed by atoms with Crippen LogP contribution in [0.5, 0.6) is 5.75 Å². The number of methoxy groups -OCH3 is 1. The Morgan fingerprint density at radius 3 is 2.52 bits per heavy atom. The van der Waals surface area contributed by atoms with Crippen LogP contribution in [-0.2, 0) is 0 Å². The van der Waals surface area contributed by atoms with E-state index in [1.54, 1.807) is 19.2 Å². The normalized spacial score (nSPS) is 10.4. The van der Waals surface area contributed by atoms with Gasteiger partial charge in [-0.2, -0.15) is 0 Å². The molecule has 0 spiro atoms. The van der Waals surface area contributed by atoms with Crippen LogP contribution in [0.1, 0.15) is 42.9 Å². The van der Waals surface area contributed by atoms with Crippen LogP contribution in [0.15, 0.2) is 30.3 Å². The highest BCUT2D eigenvalue weighted by Gasteiger charge is 2.15. The number of aryl methyl sites for hydroxylation is 1. The summed E-state index contributed by atoms with van der Waals surface area (Å²) in [7, 11) is 1.59. The summed E-state index contributed by atoms with van der Waals surface area (Å²) in [6.45, 7) is 7.86. The zero-order valence-electron chi connectivity index (χ0n) is 15.4. The molecule has 0 unspecified atom stereocenters. The highest BCUT2D eigenvalue weighted by molar-refractivity contribution is 6.03. The standard InChI is InChI=1S/C19H26N4O2/c1-5-10-23(11-6-2)19-20-14(3)12-17(22-19)18(24)21-15-8-7-9-16(13-15)25-4/h7-9,12-13H,5-6,10-11H2,1-4H3,(H,21,24). The van der Waals surface area contributed by atoms with Gasteiger partial charge in [0.15, 0.2) is 0 Å². The predicted molar refractivity (Wildman–Crippen MR) is 101 cm³/mol. The molecule has 2 rings (SSSR count). The first-order chi connectivity index (χ1) is 12.1. The van der Waals surface area contributed by atoms with E-state index >= 15 is 0 Å². The van der Waals surface area contributed by atoms with Gasteiger partial charge in [-0.1, -0.05) is 19.9 Å². The summed E-state index contributed by atoms with van der Waals surface area (Å²) in [6, 6.07) is 8.95. The summed E-state index contributed by atoms with van der Waals surface area (Å²) in [5, 5.41) is 2.86. The topological polar surface area (TPSA) is 67.4 Å². The Morgan fingerprint density at radius 1 is 1.16 bits per heavy atom. The van der Waals surface area contributed by atoms with Crippen LogP contribution in [0.25, 0.3) is 0 Å². The van der Waals surface area contributed by atoms with Crippen molar-refractivity contribution in [3.8, 4) is 5.75 Å². The maximum absolute atomic E-state index is 12.6. The molecule has 6 heteroatoms. The molecule has 0 bridgehead atoms. The molecule has 1 heterocycles. The van der Waals surface area contributed by atoms with Crippen LogP contribution < -0.4 is 15.0 Å². The highest BCUT2D eigenvalue weighted by atomic mass is 16.5. The predicted octanol–water partition coefficient (Wildman–Crippen LogP) is 3.67. The quantitative estimate of drug-likeness (QED) is 0.793. The molecule has 0 saturated carbocycles. The van der Waals surface area contributed by atoms with Crippen molar-refractivity contribution >= 4 is 17.5 Å². The number of anilines is 2. The largest absolute Gasteiger partial charge is 0.497 e. The Hall–Kier alpha value is -2.63. The molecular weight excluding hydrogens is 316 g/mol. The Morgan fingerprint density at radius 2 is 1.88 bits per heavy atom. The smallest absolute Gasteiger partial charge is 0.274 e. The van der Waals surface area contributed by atoms with Crippen molar-refractivity contribution in [1.29, 1.82) is 0 Å². The van der Waals surface area contributed by atoms with Gasteiger partial charge in [0.05, 0.1) is 7.11 Å². The van der Waals surface area contributed by atoms with E-state index in [2.05, 4.69) is 34.0 Å². The van der Waals surface area contributed by atoms with E-state index in [4.69, 9.17) is 4.74 Å². The van der Waals surface area contributed by atoms with Crippen LogP contribution >= 0.6 is 0 Å². The first-order valence-corrected chi connectivity index (χ1v) is 8.63. The SMILES string of the molecule is CCCN(CCC)c1nc(C)cc(C(=O)Nc2cccc(OC)c2)n1. The lowest BCUT2D eigenvalue weighted by molar-refractivity contribution is 0.102. The Kier molecular flexibility index (Phi) is 6.74. The average Bonchev–Trinajstić information content (AvgIpc) is 2.61. The summed E-state index contributed by atoms with van der Waals surface area (Å²) in [6.07, 6.45) is 2.01.